The molecule has 68 valence electrons. The van der Waals surface area contributed by atoms with Crippen LogP contribution in [0.5, 0.6) is 0 Å². The van der Waals surface area contributed by atoms with Gasteiger partial charge in [-0.1, -0.05) is 0 Å². The van der Waals surface area contributed by atoms with Crippen molar-refractivity contribution in [2.24, 2.45) is 0 Å². The van der Waals surface area contributed by atoms with Crippen molar-refractivity contribution in [3.63, 3.8) is 0 Å². The van der Waals surface area contributed by atoms with Crippen molar-refractivity contribution < 1.29 is 5.11 Å². The summed E-state index contributed by atoms with van der Waals surface area (Å²) < 4.78 is 0. The molecule has 0 amide bonds. The molecule has 0 aliphatic rings. The third kappa shape index (κ3) is 3.30. The van der Waals surface area contributed by atoms with Gasteiger partial charge in [-0.2, -0.15) is 0 Å². The Morgan fingerprint density at radius 2 is 2.50 bits per heavy atom. The summed E-state index contributed by atoms with van der Waals surface area (Å²) in [4.78, 5) is 4.28. The van der Waals surface area contributed by atoms with Crippen LogP contribution in [-0.2, 0) is 6.54 Å². The van der Waals surface area contributed by atoms with Crippen LogP contribution in [0, 0.1) is 6.92 Å². The van der Waals surface area contributed by atoms with Crippen molar-refractivity contribution in [2.75, 3.05) is 6.54 Å². The molecule has 3 nitrogen and oxygen atoms in total. The summed E-state index contributed by atoms with van der Waals surface area (Å²) in [7, 11) is 0. The Morgan fingerprint density at radius 3 is 3.00 bits per heavy atom. The molecule has 0 aromatic carbocycles. The molecule has 0 bridgehead atoms. The van der Waals surface area contributed by atoms with Crippen molar-refractivity contribution in [1.82, 2.24) is 10.3 Å². The maximum absolute atomic E-state index is 8.96. The minimum absolute atomic E-state index is 0.287. The fraction of sp³-hybridized carbons (Fsp3) is 0.625. The highest BCUT2D eigenvalue weighted by Gasteiger charge is 1.98. The second-order valence-corrected chi connectivity index (χ2v) is 3.90. The summed E-state index contributed by atoms with van der Waals surface area (Å²) in [5.74, 6) is 0. The van der Waals surface area contributed by atoms with Crippen molar-refractivity contribution in [2.45, 2.75) is 26.5 Å². The van der Waals surface area contributed by atoms with E-state index in [0.717, 1.165) is 17.2 Å². The van der Waals surface area contributed by atoms with E-state index in [9.17, 15) is 0 Å². The molecule has 2 N–H and O–H groups in total. The van der Waals surface area contributed by atoms with Gasteiger partial charge in [0.2, 0.25) is 0 Å². The third-order valence-electron chi connectivity index (χ3n) is 1.41. The molecule has 0 saturated heterocycles. The molecule has 1 aromatic rings. The maximum atomic E-state index is 8.96. The van der Waals surface area contributed by atoms with E-state index in [1.165, 1.54) is 0 Å². The molecule has 0 aliphatic heterocycles. The van der Waals surface area contributed by atoms with Crippen LogP contribution in [0.3, 0.4) is 0 Å². The number of nitrogens with zero attached hydrogens (tertiary/aromatic N) is 1. The number of aryl methyl sites for hydroxylation is 1. The van der Waals surface area contributed by atoms with Gasteiger partial charge < -0.3 is 10.4 Å². The monoisotopic (exact) mass is 186 g/mol. The summed E-state index contributed by atoms with van der Waals surface area (Å²) in [6, 6.07) is 0. The molecule has 1 atom stereocenters. The van der Waals surface area contributed by atoms with Gasteiger partial charge in [-0.3, -0.25) is 0 Å². The van der Waals surface area contributed by atoms with Crippen LogP contribution in [0.15, 0.2) is 5.38 Å². The van der Waals surface area contributed by atoms with E-state index in [1.54, 1.807) is 18.3 Å². The first-order valence-corrected chi connectivity index (χ1v) is 4.86. The highest BCUT2D eigenvalue weighted by molar-refractivity contribution is 7.09. The van der Waals surface area contributed by atoms with Crippen LogP contribution in [0.25, 0.3) is 0 Å². The van der Waals surface area contributed by atoms with Gasteiger partial charge in [0.1, 0.15) is 0 Å². The summed E-state index contributed by atoms with van der Waals surface area (Å²) >= 11 is 1.65. The van der Waals surface area contributed by atoms with Crippen LogP contribution in [0.1, 0.15) is 17.6 Å². The zero-order valence-electron chi connectivity index (χ0n) is 7.37. The standard InChI is InChI=1S/C8H14N2OS/c1-6(11)3-9-4-8-5-12-7(2)10-8/h5-6,9,11H,3-4H2,1-2H3/t6-/m1/s1. The first kappa shape index (κ1) is 9.64. The van der Waals surface area contributed by atoms with Crippen LogP contribution in [0.2, 0.25) is 0 Å². The lowest BCUT2D eigenvalue weighted by molar-refractivity contribution is 0.191. The maximum Gasteiger partial charge on any atom is 0.0897 e. The molecule has 0 saturated carbocycles. The Balaban J connectivity index is 2.24. The molecule has 0 unspecified atom stereocenters. The molecule has 1 rings (SSSR count). The predicted molar refractivity (Wildman–Crippen MR) is 50.2 cm³/mol. The smallest absolute Gasteiger partial charge is 0.0897 e. The average Bonchev–Trinajstić information content (AvgIpc) is 2.35. The molecule has 0 aliphatic carbocycles. The quantitative estimate of drug-likeness (QED) is 0.735. The molecular formula is C8H14N2OS. The Hall–Kier alpha value is -0.450. The second kappa shape index (κ2) is 4.54. The molecule has 0 spiro atoms. The van der Waals surface area contributed by atoms with E-state index < -0.39 is 0 Å². The van der Waals surface area contributed by atoms with E-state index in [2.05, 4.69) is 10.3 Å². The zero-order valence-corrected chi connectivity index (χ0v) is 8.19. The fourth-order valence-corrected chi connectivity index (χ4v) is 1.51. The normalized spacial score (nSPS) is 13.2. The molecule has 0 radical (unpaired) electrons. The van der Waals surface area contributed by atoms with E-state index in [1.807, 2.05) is 12.3 Å². The van der Waals surface area contributed by atoms with Gasteiger partial charge in [-0.15, -0.1) is 11.3 Å². The van der Waals surface area contributed by atoms with E-state index in [0.29, 0.717) is 6.54 Å². The number of aliphatic hydroxyl groups is 1. The topological polar surface area (TPSA) is 45.2 Å². The van der Waals surface area contributed by atoms with Crippen molar-refractivity contribution in [3.8, 4) is 0 Å². The molecule has 12 heavy (non-hydrogen) atoms. The number of hydrogen-bond acceptors (Lipinski definition) is 4. The van der Waals surface area contributed by atoms with Crippen LogP contribution in [0.4, 0.5) is 0 Å². The number of rotatable bonds is 4. The molecule has 1 heterocycles. The third-order valence-corrected chi connectivity index (χ3v) is 2.23. The summed E-state index contributed by atoms with van der Waals surface area (Å²) in [6.45, 7) is 5.12. The largest absolute Gasteiger partial charge is 0.392 e. The fourth-order valence-electron chi connectivity index (χ4n) is 0.899. The lowest BCUT2D eigenvalue weighted by atomic mass is 10.4. The summed E-state index contributed by atoms with van der Waals surface area (Å²) in [5.41, 5.74) is 1.05. The van der Waals surface area contributed by atoms with Gasteiger partial charge >= 0.3 is 0 Å². The lowest BCUT2D eigenvalue weighted by Crippen LogP contribution is -2.23. The Kier molecular flexibility index (Phi) is 3.65. The van der Waals surface area contributed by atoms with Crippen molar-refractivity contribution >= 4 is 11.3 Å². The molecule has 4 heteroatoms. The highest BCUT2D eigenvalue weighted by atomic mass is 32.1. The molecular weight excluding hydrogens is 172 g/mol. The first-order valence-electron chi connectivity index (χ1n) is 3.98. The Labute approximate surface area is 76.5 Å². The van der Waals surface area contributed by atoms with Crippen LogP contribution >= 0.6 is 11.3 Å². The number of hydrogen-bond donors (Lipinski definition) is 2. The van der Waals surface area contributed by atoms with Gasteiger partial charge in [0.15, 0.2) is 0 Å². The van der Waals surface area contributed by atoms with Crippen molar-refractivity contribution in [3.05, 3.63) is 16.1 Å². The van der Waals surface area contributed by atoms with E-state index in [4.69, 9.17) is 5.11 Å². The van der Waals surface area contributed by atoms with Gasteiger partial charge in [0, 0.05) is 18.5 Å². The average molecular weight is 186 g/mol. The van der Waals surface area contributed by atoms with Gasteiger partial charge in [0.05, 0.1) is 16.8 Å². The summed E-state index contributed by atoms with van der Waals surface area (Å²) in [5, 5.41) is 15.2. The molecule has 0 fully saturated rings. The first-order chi connectivity index (χ1) is 5.68. The SMILES string of the molecule is Cc1nc(CNC[C@@H](C)O)cs1. The van der Waals surface area contributed by atoms with E-state index in [-0.39, 0.29) is 6.10 Å². The summed E-state index contributed by atoms with van der Waals surface area (Å²) in [6.07, 6.45) is -0.287. The minimum Gasteiger partial charge on any atom is -0.392 e. The van der Waals surface area contributed by atoms with Gasteiger partial charge in [-0.05, 0) is 13.8 Å². The van der Waals surface area contributed by atoms with Crippen molar-refractivity contribution in [1.29, 1.82) is 0 Å². The zero-order chi connectivity index (χ0) is 8.97. The highest BCUT2D eigenvalue weighted by Crippen LogP contribution is 2.06. The Bertz CT molecular complexity index is 235. The number of aromatic nitrogens is 1. The van der Waals surface area contributed by atoms with Crippen LogP contribution < -0.4 is 5.32 Å². The Morgan fingerprint density at radius 1 is 1.75 bits per heavy atom. The van der Waals surface area contributed by atoms with Gasteiger partial charge in [-0.25, -0.2) is 4.98 Å². The number of aliphatic hydroxyl groups excluding tert-OH is 1. The van der Waals surface area contributed by atoms with Gasteiger partial charge in [0.25, 0.3) is 0 Å². The second-order valence-electron chi connectivity index (χ2n) is 2.84. The molecule has 1 aromatic heterocycles. The lowest BCUT2D eigenvalue weighted by Gasteiger charge is -2.03. The number of nitrogens with one attached hydrogen (secondary N) is 1. The predicted octanol–water partition coefficient (Wildman–Crippen LogP) is 0.922. The van der Waals surface area contributed by atoms with E-state index >= 15 is 0 Å². The van der Waals surface area contributed by atoms with Crippen LogP contribution in [-0.4, -0.2) is 22.7 Å². The minimum atomic E-state index is -0.287. The number of thiazole rings is 1.